The van der Waals surface area contributed by atoms with Crippen molar-refractivity contribution in [2.24, 2.45) is 17.8 Å². The molecule has 2 bridgehead atoms. The van der Waals surface area contributed by atoms with Gasteiger partial charge in [0.1, 0.15) is 0 Å². The molecule has 0 aromatic carbocycles. The number of amides is 1. The first-order valence-corrected chi connectivity index (χ1v) is 7.24. The summed E-state index contributed by atoms with van der Waals surface area (Å²) in [7, 11) is 0. The molecule has 0 aliphatic heterocycles. The lowest BCUT2D eigenvalue weighted by molar-refractivity contribution is -0.117. The quantitative estimate of drug-likeness (QED) is 0.895. The number of aryl methyl sites for hydroxylation is 1. The lowest BCUT2D eigenvalue weighted by atomic mass is 9.86. The highest BCUT2D eigenvalue weighted by molar-refractivity contribution is 7.15. The molecule has 2 aliphatic carbocycles. The molecule has 0 spiro atoms. The minimum Gasteiger partial charge on any atom is -0.302 e. The van der Waals surface area contributed by atoms with Crippen LogP contribution in [-0.4, -0.2) is 10.9 Å². The maximum atomic E-state index is 11.9. The van der Waals surface area contributed by atoms with Gasteiger partial charge >= 0.3 is 0 Å². The van der Waals surface area contributed by atoms with Gasteiger partial charge in [0.2, 0.25) is 5.91 Å². The smallest absolute Gasteiger partial charge is 0.226 e. The second-order valence-corrected chi connectivity index (χ2v) is 6.70. The topological polar surface area (TPSA) is 42.0 Å². The van der Waals surface area contributed by atoms with Crippen LogP contribution in [0.1, 0.15) is 37.0 Å². The number of carbonyl (C=O) groups is 1. The van der Waals surface area contributed by atoms with Crippen LogP contribution in [0.5, 0.6) is 0 Å². The molecule has 3 rings (SSSR count). The first-order valence-electron chi connectivity index (χ1n) is 6.43. The van der Waals surface area contributed by atoms with E-state index in [4.69, 9.17) is 0 Å². The zero-order valence-corrected chi connectivity index (χ0v) is 10.9. The summed E-state index contributed by atoms with van der Waals surface area (Å²) in [6.45, 7) is 2.00. The van der Waals surface area contributed by atoms with Gasteiger partial charge in [-0.15, -0.1) is 11.3 Å². The van der Waals surface area contributed by atoms with Crippen molar-refractivity contribution in [3.63, 3.8) is 0 Å². The van der Waals surface area contributed by atoms with Crippen LogP contribution in [0.4, 0.5) is 5.13 Å². The normalized spacial score (nSPS) is 30.8. The number of anilines is 1. The van der Waals surface area contributed by atoms with Gasteiger partial charge in [0, 0.05) is 17.5 Å². The van der Waals surface area contributed by atoms with Crippen molar-refractivity contribution in [3.05, 3.63) is 11.1 Å². The summed E-state index contributed by atoms with van der Waals surface area (Å²) in [5.74, 6) is 2.52. The summed E-state index contributed by atoms with van der Waals surface area (Å²) in [6, 6.07) is 0. The summed E-state index contributed by atoms with van der Waals surface area (Å²) in [5.41, 5.74) is 0. The molecule has 1 heterocycles. The first-order chi connectivity index (χ1) is 8.20. The molecule has 92 valence electrons. The van der Waals surface area contributed by atoms with Crippen LogP contribution < -0.4 is 5.32 Å². The molecule has 2 saturated carbocycles. The number of nitrogens with zero attached hydrogens (tertiary/aromatic N) is 1. The van der Waals surface area contributed by atoms with Crippen molar-refractivity contribution in [3.8, 4) is 0 Å². The van der Waals surface area contributed by atoms with Crippen molar-refractivity contribution < 1.29 is 4.79 Å². The number of hydrogen-bond acceptors (Lipinski definition) is 3. The van der Waals surface area contributed by atoms with Crippen LogP contribution in [0.3, 0.4) is 0 Å². The molecular formula is C13H18N2OS. The van der Waals surface area contributed by atoms with Crippen LogP contribution in [0.25, 0.3) is 0 Å². The minimum atomic E-state index is 0.150. The number of nitrogens with one attached hydrogen (secondary N) is 1. The van der Waals surface area contributed by atoms with E-state index in [1.165, 1.54) is 25.7 Å². The predicted molar refractivity (Wildman–Crippen MR) is 69.0 cm³/mol. The highest BCUT2D eigenvalue weighted by atomic mass is 32.1. The van der Waals surface area contributed by atoms with E-state index in [0.717, 1.165) is 21.8 Å². The number of fused-ring (bicyclic) bond motifs is 2. The Morgan fingerprint density at radius 1 is 1.53 bits per heavy atom. The molecular weight excluding hydrogens is 232 g/mol. The Hall–Kier alpha value is -0.900. The molecule has 2 fully saturated rings. The molecule has 1 amide bonds. The molecule has 1 N–H and O–H groups in total. The van der Waals surface area contributed by atoms with Crippen molar-refractivity contribution in [2.45, 2.75) is 39.0 Å². The molecule has 3 atom stereocenters. The molecule has 0 saturated heterocycles. The Bertz CT molecular complexity index is 429. The Morgan fingerprint density at radius 2 is 2.41 bits per heavy atom. The fourth-order valence-corrected chi connectivity index (χ4v) is 4.13. The van der Waals surface area contributed by atoms with Crippen LogP contribution >= 0.6 is 11.3 Å². The summed E-state index contributed by atoms with van der Waals surface area (Å²) in [4.78, 5) is 17.2. The second-order valence-electron chi connectivity index (χ2n) is 5.46. The van der Waals surface area contributed by atoms with Crippen LogP contribution in [0, 0.1) is 24.7 Å². The molecule has 3 nitrogen and oxygen atoms in total. The third-order valence-corrected chi connectivity index (χ3v) is 5.03. The number of rotatable bonds is 3. The first kappa shape index (κ1) is 11.2. The zero-order chi connectivity index (χ0) is 11.8. The summed E-state index contributed by atoms with van der Waals surface area (Å²) >= 11 is 1.55. The Kier molecular flexibility index (Phi) is 2.90. The van der Waals surface area contributed by atoms with Crippen molar-refractivity contribution >= 4 is 22.4 Å². The van der Waals surface area contributed by atoms with E-state index in [-0.39, 0.29) is 5.91 Å². The van der Waals surface area contributed by atoms with Gasteiger partial charge < -0.3 is 5.32 Å². The van der Waals surface area contributed by atoms with E-state index in [9.17, 15) is 4.79 Å². The van der Waals surface area contributed by atoms with Gasteiger partial charge in [-0.2, -0.15) is 0 Å². The van der Waals surface area contributed by atoms with E-state index in [1.54, 1.807) is 17.5 Å². The molecule has 3 unspecified atom stereocenters. The highest BCUT2D eigenvalue weighted by Gasteiger charge is 2.40. The van der Waals surface area contributed by atoms with Gasteiger partial charge in [0.25, 0.3) is 0 Å². The average Bonchev–Trinajstić information content (AvgIpc) is 2.95. The van der Waals surface area contributed by atoms with Crippen molar-refractivity contribution in [2.75, 3.05) is 5.32 Å². The molecule has 0 radical (unpaired) electrons. The third-order valence-electron chi connectivity index (χ3n) is 4.20. The average molecular weight is 250 g/mol. The highest BCUT2D eigenvalue weighted by Crippen LogP contribution is 2.49. The minimum absolute atomic E-state index is 0.150. The third kappa shape index (κ3) is 2.37. The monoisotopic (exact) mass is 250 g/mol. The number of thiazole rings is 1. The van der Waals surface area contributed by atoms with E-state index in [1.807, 2.05) is 6.92 Å². The Morgan fingerprint density at radius 3 is 3.00 bits per heavy atom. The molecule has 4 heteroatoms. The number of aromatic nitrogens is 1. The molecule has 1 aromatic heterocycles. The number of hydrogen-bond donors (Lipinski definition) is 1. The summed E-state index contributed by atoms with van der Waals surface area (Å²) < 4.78 is 0. The van der Waals surface area contributed by atoms with Crippen molar-refractivity contribution in [1.29, 1.82) is 0 Å². The van der Waals surface area contributed by atoms with Gasteiger partial charge in [-0.1, -0.05) is 6.42 Å². The fraction of sp³-hybridized carbons (Fsp3) is 0.692. The predicted octanol–water partition coefficient (Wildman–Crippen LogP) is 3.22. The number of carbonyl (C=O) groups excluding carboxylic acids is 1. The fourth-order valence-electron chi connectivity index (χ4n) is 3.45. The van der Waals surface area contributed by atoms with Crippen LogP contribution in [0.2, 0.25) is 0 Å². The SMILES string of the molecule is Cc1cnc(NC(=O)CC2CC3CCC2C3)s1. The van der Waals surface area contributed by atoms with Crippen molar-refractivity contribution in [1.82, 2.24) is 4.98 Å². The lowest BCUT2D eigenvalue weighted by Crippen LogP contribution is -2.20. The molecule has 1 aromatic rings. The molecule has 2 aliphatic rings. The standard InChI is InChI=1S/C13H18N2OS/c1-8-7-14-13(17-8)15-12(16)6-11-5-9-2-3-10(11)4-9/h7,9-11H,2-6H2,1H3,(H,14,15,16). The van der Waals surface area contributed by atoms with Gasteiger partial charge in [-0.25, -0.2) is 4.98 Å². The van der Waals surface area contributed by atoms with Gasteiger partial charge in [-0.3, -0.25) is 4.79 Å². The summed E-state index contributed by atoms with van der Waals surface area (Å²) in [6.07, 6.45) is 7.88. The largest absolute Gasteiger partial charge is 0.302 e. The maximum Gasteiger partial charge on any atom is 0.226 e. The van der Waals surface area contributed by atoms with E-state index < -0.39 is 0 Å². The van der Waals surface area contributed by atoms with Gasteiger partial charge in [0.15, 0.2) is 5.13 Å². The molecule has 17 heavy (non-hydrogen) atoms. The van der Waals surface area contributed by atoms with Crippen LogP contribution in [0.15, 0.2) is 6.20 Å². The second kappa shape index (κ2) is 4.41. The van der Waals surface area contributed by atoms with E-state index in [0.29, 0.717) is 12.3 Å². The van der Waals surface area contributed by atoms with Gasteiger partial charge in [0.05, 0.1) is 0 Å². The Balaban J connectivity index is 1.54. The zero-order valence-electron chi connectivity index (χ0n) is 10.1. The van der Waals surface area contributed by atoms with E-state index in [2.05, 4.69) is 10.3 Å². The lowest BCUT2D eigenvalue weighted by Gasteiger charge is -2.20. The summed E-state index contributed by atoms with van der Waals surface area (Å²) in [5, 5.41) is 3.66. The maximum absolute atomic E-state index is 11.9. The van der Waals surface area contributed by atoms with Gasteiger partial charge in [-0.05, 0) is 43.9 Å². The Labute approximate surface area is 106 Å². The van der Waals surface area contributed by atoms with E-state index >= 15 is 0 Å². The van der Waals surface area contributed by atoms with Crippen LogP contribution in [-0.2, 0) is 4.79 Å².